The second kappa shape index (κ2) is 8.37. The van der Waals surface area contributed by atoms with Crippen LogP contribution in [0.1, 0.15) is 26.2 Å². The molecular weight excluding hydrogens is 272 g/mol. The van der Waals surface area contributed by atoms with Crippen molar-refractivity contribution in [3.63, 3.8) is 0 Å². The molecule has 5 nitrogen and oxygen atoms in total. The van der Waals surface area contributed by atoms with E-state index in [2.05, 4.69) is 11.6 Å². The Balaban J connectivity index is 2.26. The van der Waals surface area contributed by atoms with Gasteiger partial charge in [-0.25, -0.2) is 4.72 Å². The van der Waals surface area contributed by atoms with Crippen molar-refractivity contribution in [2.24, 2.45) is 5.92 Å². The molecule has 2 N–H and O–H groups in total. The van der Waals surface area contributed by atoms with Crippen molar-refractivity contribution in [3.05, 3.63) is 0 Å². The van der Waals surface area contributed by atoms with Crippen molar-refractivity contribution in [1.82, 2.24) is 9.03 Å². The molecule has 0 amide bonds. The lowest BCUT2D eigenvalue weighted by atomic mass is 10.00. The third-order valence-corrected chi connectivity index (χ3v) is 5.73. The van der Waals surface area contributed by atoms with Gasteiger partial charge in [-0.3, -0.25) is 0 Å². The Hall–Kier alpha value is 0.180. The van der Waals surface area contributed by atoms with E-state index in [9.17, 15) is 8.42 Å². The Morgan fingerprint density at radius 2 is 2.06 bits per heavy atom. The van der Waals surface area contributed by atoms with Crippen molar-refractivity contribution < 1.29 is 13.5 Å². The van der Waals surface area contributed by atoms with Crippen LogP contribution in [0.3, 0.4) is 0 Å². The van der Waals surface area contributed by atoms with Gasteiger partial charge in [-0.2, -0.15) is 24.5 Å². The van der Waals surface area contributed by atoms with E-state index in [1.54, 1.807) is 0 Å². The van der Waals surface area contributed by atoms with E-state index < -0.39 is 10.2 Å². The van der Waals surface area contributed by atoms with Gasteiger partial charge in [-0.1, -0.05) is 6.92 Å². The van der Waals surface area contributed by atoms with Crippen LogP contribution in [0.15, 0.2) is 0 Å². The minimum Gasteiger partial charge on any atom is -0.396 e. The van der Waals surface area contributed by atoms with Crippen LogP contribution < -0.4 is 4.72 Å². The third kappa shape index (κ3) is 5.44. The molecule has 0 aromatic rings. The predicted molar refractivity (Wildman–Crippen MR) is 75.9 cm³/mol. The Bertz CT molecular complexity index is 314. The van der Waals surface area contributed by atoms with Crippen LogP contribution in [-0.4, -0.2) is 55.6 Å². The molecule has 1 fully saturated rings. The first-order chi connectivity index (χ1) is 8.60. The third-order valence-electron chi connectivity index (χ3n) is 3.13. The number of thioether (sulfide) groups is 1. The van der Waals surface area contributed by atoms with Crippen LogP contribution >= 0.6 is 11.8 Å². The molecule has 1 heterocycles. The summed E-state index contributed by atoms with van der Waals surface area (Å²) < 4.78 is 28.1. The summed E-state index contributed by atoms with van der Waals surface area (Å²) in [6, 6.07) is 0. The van der Waals surface area contributed by atoms with E-state index >= 15 is 0 Å². The highest BCUT2D eigenvalue weighted by molar-refractivity contribution is 7.99. The monoisotopic (exact) mass is 296 g/mol. The van der Waals surface area contributed by atoms with Gasteiger partial charge in [0.25, 0.3) is 10.2 Å². The van der Waals surface area contributed by atoms with Gasteiger partial charge in [-0.05, 0) is 36.7 Å². The van der Waals surface area contributed by atoms with Crippen LogP contribution in [-0.2, 0) is 10.2 Å². The van der Waals surface area contributed by atoms with Crippen molar-refractivity contribution >= 4 is 22.0 Å². The topological polar surface area (TPSA) is 69.6 Å². The number of rotatable bonds is 8. The number of nitrogens with zero attached hydrogens (tertiary/aromatic N) is 1. The van der Waals surface area contributed by atoms with Gasteiger partial charge in [0.1, 0.15) is 0 Å². The molecule has 1 rings (SSSR count). The Labute approximate surface area is 115 Å². The summed E-state index contributed by atoms with van der Waals surface area (Å²) in [6.45, 7) is 3.81. The summed E-state index contributed by atoms with van der Waals surface area (Å²) in [5, 5.41) is 9.02. The first kappa shape index (κ1) is 16.2. The Morgan fingerprint density at radius 3 is 2.61 bits per heavy atom. The molecule has 108 valence electrons. The second-order valence-corrected chi connectivity index (χ2v) is 7.62. The summed E-state index contributed by atoms with van der Waals surface area (Å²) in [4.78, 5) is 0. The van der Waals surface area contributed by atoms with E-state index in [0.717, 1.165) is 30.8 Å². The van der Waals surface area contributed by atoms with Gasteiger partial charge in [0.05, 0.1) is 0 Å². The molecular formula is C11H24N2O3S2. The molecule has 7 heteroatoms. The van der Waals surface area contributed by atoms with Crippen molar-refractivity contribution in [2.45, 2.75) is 26.2 Å². The van der Waals surface area contributed by atoms with Crippen LogP contribution in [0, 0.1) is 5.92 Å². The highest BCUT2D eigenvalue weighted by Crippen LogP contribution is 2.18. The normalized spacial score (nSPS) is 19.2. The number of aliphatic hydroxyl groups is 1. The summed E-state index contributed by atoms with van der Waals surface area (Å²) in [7, 11) is -3.31. The minimum absolute atomic E-state index is 0.162. The molecule has 1 saturated heterocycles. The largest absolute Gasteiger partial charge is 0.396 e. The van der Waals surface area contributed by atoms with E-state index in [1.807, 2.05) is 11.8 Å². The molecule has 0 aromatic heterocycles. The van der Waals surface area contributed by atoms with E-state index in [0.29, 0.717) is 19.6 Å². The molecule has 1 aliphatic rings. The maximum Gasteiger partial charge on any atom is 0.279 e. The van der Waals surface area contributed by atoms with Crippen LogP contribution in [0.5, 0.6) is 0 Å². The lowest BCUT2D eigenvalue weighted by molar-refractivity contribution is 0.169. The highest BCUT2D eigenvalue weighted by Gasteiger charge is 2.26. The fourth-order valence-electron chi connectivity index (χ4n) is 1.94. The Kier molecular flexibility index (Phi) is 7.55. The molecule has 0 bridgehead atoms. The zero-order chi connectivity index (χ0) is 13.4. The number of hydrogen-bond donors (Lipinski definition) is 2. The molecule has 0 saturated carbocycles. The molecule has 18 heavy (non-hydrogen) atoms. The maximum absolute atomic E-state index is 12.0. The van der Waals surface area contributed by atoms with Gasteiger partial charge in [0, 0.05) is 26.2 Å². The molecule has 0 unspecified atom stereocenters. The van der Waals surface area contributed by atoms with E-state index in [1.165, 1.54) is 4.31 Å². The van der Waals surface area contributed by atoms with Gasteiger partial charge < -0.3 is 5.11 Å². The van der Waals surface area contributed by atoms with E-state index in [-0.39, 0.29) is 12.5 Å². The van der Waals surface area contributed by atoms with Crippen molar-refractivity contribution in [3.8, 4) is 0 Å². The van der Waals surface area contributed by atoms with Gasteiger partial charge in [0.15, 0.2) is 0 Å². The Morgan fingerprint density at radius 1 is 1.39 bits per heavy atom. The molecule has 0 aliphatic carbocycles. The zero-order valence-corrected chi connectivity index (χ0v) is 12.6. The standard InChI is InChI=1S/C11H24N2O3S2/c1-2-17-9-3-6-12-18(15,16)13-7-4-11(10-14)5-8-13/h11-12,14H,2-10H2,1H3. The minimum atomic E-state index is -3.31. The van der Waals surface area contributed by atoms with Crippen LogP contribution in [0.25, 0.3) is 0 Å². The quantitative estimate of drug-likeness (QED) is 0.646. The summed E-state index contributed by atoms with van der Waals surface area (Å²) >= 11 is 1.82. The van der Waals surface area contributed by atoms with Crippen molar-refractivity contribution in [2.75, 3.05) is 37.7 Å². The molecule has 0 atom stereocenters. The van der Waals surface area contributed by atoms with Crippen LogP contribution in [0.2, 0.25) is 0 Å². The number of hydrogen-bond acceptors (Lipinski definition) is 4. The average molecular weight is 296 g/mol. The number of piperidine rings is 1. The zero-order valence-electron chi connectivity index (χ0n) is 11.0. The summed E-state index contributed by atoms with van der Waals surface area (Å²) in [5.74, 6) is 2.32. The predicted octanol–water partition coefficient (Wildman–Crippen LogP) is 0.668. The molecule has 0 spiro atoms. The fourth-order valence-corrected chi connectivity index (χ4v) is 3.86. The highest BCUT2D eigenvalue weighted by atomic mass is 32.2. The van der Waals surface area contributed by atoms with Crippen molar-refractivity contribution in [1.29, 1.82) is 0 Å². The number of nitrogens with one attached hydrogen (secondary N) is 1. The molecule has 0 aromatic carbocycles. The second-order valence-electron chi connectivity index (χ2n) is 4.47. The maximum atomic E-state index is 12.0. The first-order valence-corrected chi connectivity index (χ1v) is 9.13. The van der Waals surface area contributed by atoms with Gasteiger partial charge in [0.2, 0.25) is 0 Å². The average Bonchev–Trinajstić information content (AvgIpc) is 2.38. The number of aliphatic hydroxyl groups excluding tert-OH is 1. The lowest BCUT2D eigenvalue weighted by Gasteiger charge is -2.30. The summed E-state index contributed by atoms with van der Waals surface area (Å²) in [6.07, 6.45) is 2.37. The first-order valence-electron chi connectivity index (χ1n) is 6.53. The van der Waals surface area contributed by atoms with E-state index in [4.69, 9.17) is 5.11 Å². The molecule has 1 aliphatic heterocycles. The van der Waals surface area contributed by atoms with Gasteiger partial charge >= 0.3 is 0 Å². The summed E-state index contributed by atoms with van der Waals surface area (Å²) in [5.41, 5.74) is 0. The molecule has 0 radical (unpaired) electrons. The SMILES string of the molecule is CCSCCCNS(=O)(=O)N1CCC(CO)CC1. The lowest BCUT2D eigenvalue weighted by Crippen LogP contribution is -2.45. The van der Waals surface area contributed by atoms with Gasteiger partial charge in [-0.15, -0.1) is 0 Å². The fraction of sp³-hybridized carbons (Fsp3) is 1.00. The van der Waals surface area contributed by atoms with Crippen LogP contribution in [0.4, 0.5) is 0 Å². The smallest absolute Gasteiger partial charge is 0.279 e.